The van der Waals surface area contributed by atoms with Gasteiger partial charge < -0.3 is 4.74 Å². The van der Waals surface area contributed by atoms with Crippen LogP contribution in [0.5, 0.6) is 0 Å². The Labute approximate surface area is 184 Å². The maximum Gasteiger partial charge on any atom is 0.326 e. The third-order valence-electron chi connectivity index (χ3n) is 4.36. The fourth-order valence-corrected chi connectivity index (χ4v) is 4.32. The van der Waals surface area contributed by atoms with Gasteiger partial charge in [-0.2, -0.15) is 0 Å². The van der Waals surface area contributed by atoms with E-state index in [2.05, 4.69) is 31.2 Å². The number of thioether (sulfide) groups is 1. The molecule has 0 radical (unpaired) electrons. The molecule has 2 amide bonds. The maximum absolute atomic E-state index is 12.5. The van der Waals surface area contributed by atoms with Gasteiger partial charge in [0.05, 0.1) is 11.5 Å². The quantitative estimate of drug-likeness (QED) is 0.305. The van der Waals surface area contributed by atoms with Gasteiger partial charge in [0, 0.05) is 9.79 Å². The van der Waals surface area contributed by atoms with Gasteiger partial charge in [-0.1, -0.05) is 54.9 Å². The number of rotatable bonds is 8. The molecule has 1 aliphatic rings. The zero-order valence-corrected chi connectivity index (χ0v) is 18.6. The summed E-state index contributed by atoms with van der Waals surface area (Å²) in [6, 6.07) is 16.1. The number of unbranched alkanes of at least 4 members (excludes halogenated alkanes) is 1. The molecule has 5 nitrogen and oxygen atoms in total. The van der Waals surface area contributed by atoms with Gasteiger partial charge in [0.1, 0.15) is 6.54 Å². The van der Waals surface area contributed by atoms with E-state index < -0.39 is 17.1 Å². The van der Waals surface area contributed by atoms with E-state index in [1.165, 1.54) is 5.56 Å². The summed E-state index contributed by atoms with van der Waals surface area (Å²) in [5.41, 5.74) is 2.04. The van der Waals surface area contributed by atoms with Crippen LogP contribution in [0.25, 0.3) is 6.08 Å². The first-order chi connectivity index (χ1) is 14.5. The molecule has 0 unspecified atom stereocenters. The summed E-state index contributed by atoms with van der Waals surface area (Å²) in [7, 11) is 0. The van der Waals surface area contributed by atoms with Crippen LogP contribution in [-0.4, -0.2) is 35.2 Å². The average molecular weight is 442 g/mol. The Bertz CT molecular complexity index is 952. The highest BCUT2D eigenvalue weighted by Crippen LogP contribution is 2.33. The lowest BCUT2D eigenvalue weighted by atomic mass is 10.2. The Kier molecular flexibility index (Phi) is 7.76. The van der Waals surface area contributed by atoms with Crippen molar-refractivity contribution in [3.8, 4) is 0 Å². The molecule has 7 heteroatoms. The molecule has 156 valence electrons. The lowest BCUT2D eigenvalue weighted by Gasteiger charge is -2.11. The molecule has 1 heterocycles. The number of ether oxygens (including phenoxy) is 1. The third-order valence-corrected chi connectivity index (χ3v) is 6.28. The Morgan fingerprint density at radius 2 is 1.70 bits per heavy atom. The average Bonchev–Trinajstić information content (AvgIpc) is 2.99. The second kappa shape index (κ2) is 10.5. The van der Waals surface area contributed by atoms with Gasteiger partial charge in [-0.05, 0) is 61.0 Å². The van der Waals surface area contributed by atoms with Gasteiger partial charge in [0.15, 0.2) is 0 Å². The topological polar surface area (TPSA) is 63.7 Å². The summed E-state index contributed by atoms with van der Waals surface area (Å²) in [5.74, 6) is -1.03. The molecule has 0 aliphatic carbocycles. The van der Waals surface area contributed by atoms with Gasteiger partial charge in [0.25, 0.3) is 11.1 Å². The second-order valence-electron chi connectivity index (χ2n) is 6.83. The summed E-state index contributed by atoms with van der Waals surface area (Å²) >= 11 is 2.50. The fraction of sp³-hybridized carbons (Fsp3) is 0.261. The number of aryl methyl sites for hydroxylation is 1. The first-order valence-corrected chi connectivity index (χ1v) is 11.3. The minimum atomic E-state index is -0.565. The number of benzene rings is 2. The molecule has 0 atom stereocenters. The Morgan fingerprint density at radius 3 is 2.33 bits per heavy atom. The van der Waals surface area contributed by atoms with Gasteiger partial charge in [-0.15, -0.1) is 0 Å². The molecule has 1 fully saturated rings. The first kappa shape index (κ1) is 22.2. The van der Waals surface area contributed by atoms with Gasteiger partial charge in [-0.25, -0.2) is 0 Å². The van der Waals surface area contributed by atoms with Crippen molar-refractivity contribution in [3.05, 3.63) is 64.6 Å². The van der Waals surface area contributed by atoms with Crippen molar-refractivity contribution in [2.45, 2.75) is 36.5 Å². The van der Waals surface area contributed by atoms with Gasteiger partial charge in [-0.3, -0.25) is 19.3 Å². The zero-order valence-electron chi connectivity index (χ0n) is 16.9. The van der Waals surface area contributed by atoms with E-state index in [4.69, 9.17) is 4.74 Å². The predicted molar refractivity (Wildman–Crippen MR) is 120 cm³/mol. The summed E-state index contributed by atoms with van der Waals surface area (Å²) in [6.45, 7) is 4.00. The lowest BCUT2D eigenvalue weighted by Crippen LogP contribution is -2.34. The molecule has 2 aromatic rings. The van der Waals surface area contributed by atoms with E-state index in [0.29, 0.717) is 11.5 Å². The fourth-order valence-electron chi connectivity index (χ4n) is 2.67. The summed E-state index contributed by atoms with van der Waals surface area (Å²) in [4.78, 5) is 40.0. The molecule has 1 aliphatic heterocycles. The van der Waals surface area contributed by atoms with Crippen LogP contribution in [0.1, 0.15) is 30.9 Å². The van der Waals surface area contributed by atoms with Crippen molar-refractivity contribution >= 4 is 46.7 Å². The van der Waals surface area contributed by atoms with E-state index >= 15 is 0 Å². The Balaban J connectivity index is 1.62. The lowest BCUT2D eigenvalue weighted by molar-refractivity contribution is -0.146. The summed E-state index contributed by atoms with van der Waals surface area (Å²) in [5, 5.41) is -0.453. The van der Waals surface area contributed by atoms with Crippen molar-refractivity contribution in [1.29, 1.82) is 0 Å². The van der Waals surface area contributed by atoms with E-state index in [1.54, 1.807) is 17.8 Å². The zero-order chi connectivity index (χ0) is 21.5. The van der Waals surface area contributed by atoms with E-state index in [0.717, 1.165) is 44.9 Å². The molecule has 2 aromatic carbocycles. The third kappa shape index (κ3) is 6.00. The van der Waals surface area contributed by atoms with Crippen LogP contribution < -0.4 is 0 Å². The van der Waals surface area contributed by atoms with Crippen molar-refractivity contribution in [2.75, 3.05) is 13.2 Å². The van der Waals surface area contributed by atoms with Crippen LogP contribution in [-0.2, 0) is 14.3 Å². The molecule has 3 rings (SSSR count). The van der Waals surface area contributed by atoms with Crippen LogP contribution >= 0.6 is 23.5 Å². The van der Waals surface area contributed by atoms with Crippen LogP contribution in [0.3, 0.4) is 0 Å². The van der Waals surface area contributed by atoms with Crippen molar-refractivity contribution in [1.82, 2.24) is 4.90 Å². The van der Waals surface area contributed by atoms with Gasteiger partial charge >= 0.3 is 5.97 Å². The summed E-state index contributed by atoms with van der Waals surface area (Å²) in [6.07, 6.45) is 3.33. The minimum absolute atomic E-state index is 0.300. The number of carbonyl (C=O) groups is 3. The van der Waals surface area contributed by atoms with E-state index in [1.807, 2.05) is 31.2 Å². The maximum atomic E-state index is 12.5. The number of imide groups is 1. The van der Waals surface area contributed by atoms with Crippen molar-refractivity contribution in [3.63, 3.8) is 0 Å². The van der Waals surface area contributed by atoms with Crippen LogP contribution in [0.4, 0.5) is 4.79 Å². The molecular formula is C23H23NO4S2. The highest BCUT2D eigenvalue weighted by Gasteiger charge is 2.36. The SMILES string of the molecule is CCCCOC(=O)CN1C(=O)S/C(=C\c2ccc(Sc3ccc(C)cc3)cc2)C1=O. The number of esters is 1. The van der Waals surface area contributed by atoms with E-state index in [-0.39, 0.29) is 6.54 Å². The van der Waals surface area contributed by atoms with Crippen LogP contribution in [0, 0.1) is 6.92 Å². The van der Waals surface area contributed by atoms with E-state index in [9.17, 15) is 14.4 Å². The van der Waals surface area contributed by atoms with Crippen LogP contribution in [0.15, 0.2) is 63.2 Å². The smallest absolute Gasteiger partial charge is 0.326 e. The number of nitrogens with zero attached hydrogens (tertiary/aromatic N) is 1. The number of carbonyl (C=O) groups excluding carboxylic acids is 3. The molecule has 0 spiro atoms. The Morgan fingerprint density at radius 1 is 1.07 bits per heavy atom. The predicted octanol–water partition coefficient (Wildman–Crippen LogP) is 5.53. The molecular weight excluding hydrogens is 418 g/mol. The monoisotopic (exact) mass is 441 g/mol. The molecule has 0 N–H and O–H groups in total. The molecule has 30 heavy (non-hydrogen) atoms. The highest BCUT2D eigenvalue weighted by atomic mass is 32.2. The minimum Gasteiger partial charge on any atom is -0.464 e. The first-order valence-electron chi connectivity index (χ1n) is 9.72. The second-order valence-corrected chi connectivity index (χ2v) is 8.97. The molecule has 0 saturated carbocycles. The Hall–Kier alpha value is -2.51. The van der Waals surface area contributed by atoms with Gasteiger partial charge in [0.2, 0.25) is 0 Å². The normalized spacial score (nSPS) is 15.1. The summed E-state index contributed by atoms with van der Waals surface area (Å²) < 4.78 is 5.05. The van der Waals surface area contributed by atoms with Crippen LogP contribution in [0.2, 0.25) is 0 Å². The standard InChI is InChI=1S/C23H23NO4S2/c1-3-4-13-28-21(25)15-24-22(26)20(30-23(24)27)14-17-7-11-19(12-8-17)29-18-9-5-16(2)6-10-18/h5-12,14H,3-4,13,15H2,1-2H3/b20-14-. The molecule has 0 aromatic heterocycles. The number of amides is 2. The number of hydrogen-bond acceptors (Lipinski definition) is 6. The number of hydrogen-bond donors (Lipinski definition) is 0. The molecule has 0 bridgehead atoms. The van der Waals surface area contributed by atoms with Crippen molar-refractivity contribution in [2.24, 2.45) is 0 Å². The largest absolute Gasteiger partial charge is 0.464 e. The highest BCUT2D eigenvalue weighted by molar-refractivity contribution is 8.18. The molecule has 1 saturated heterocycles. The van der Waals surface area contributed by atoms with Crippen molar-refractivity contribution < 1.29 is 19.1 Å².